The van der Waals surface area contributed by atoms with Crippen LogP contribution in [0.1, 0.15) is 40.0 Å². The smallest absolute Gasteiger partial charge is 0.310 e. The molecule has 0 radical (unpaired) electrons. The highest BCUT2D eigenvalue weighted by Crippen LogP contribution is 2.51. The second-order valence-corrected chi connectivity index (χ2v) is 16.2. The summed E-state index contributed by atoms with van der Waals surface area (Å²) in [6.07, 6.45) is 4.22. The number of Topliss-reactive ketones (excluding diaryl/α,β-unsaturated/α-hetero) is 2. The molecule has 0 N–H and O–H groups in total. The Bertz CT molecular complexity index is 856. The summed E-state index contributed by atoms with van der Waals surface area (Å²) in [4.78, 5) is 53.9. The molecule has 2 rings (SSSR count). The van der Waals surface area contributed by atoms with Crippen molar-refractivity contribution >= 4 is 31.8 Å². The van der Waals surface area contributed by atoms with Gasteiger partial charge in [-0.1, -0.05) is 32.9 Å². The van der Waals surface area contributed by atoms with Crippen LogP contribution in [0.15, 0.2) is 25.3 Å². The molecule has 0 aromatic rings. The Labute approximate surface area is 210 Å². The zero-order valence-electron chi connectivity index (χ0n) is 22.3. The van der Waals surface area contributed by atoms with E-state index in [0.717, 1.165) is 0 Å². The van der Waals surface area contributed by atoms with Gasteiger partial charge in [0.05, 0.1) is 32.0 Å². The van der Waals surface area contributed by atoms with Crippen LogP contribution in [0, 0.1) is 41.4 Å². The molecule has 0 heterocycles. The van der Waals surface area contributed by atoms with E-state index in [0.29, 0.717) is 12.8 Å². The molecule has 0 spiro atoms. The molecule has 0 saturated heterocycles. The average Bonchev–Trinajstić information content (AvgIpc) is 2.89. The van der Waals surface area contributed by atoms with E-state index < -0.39 is 61.7 Å². The minimum Gasteiger partial charge on any atom is -0.469 e. The van der Waals surface area contributed by atoms with Gasteiger partial charge in [0.15, 0.2) is 8.32 Å². The highest BCUT2D eigenvalue weighted by molar-refractivity contribution is 6.74. The van der Waals surface area contributed by atoms with E-state index in [4.69, 9.17) is 13.9 Å². The molecular weight excluding hydrogens is 464 g/mol. The molecule has 0 aromatic carbocycles. The molecule has 2 aliphatic carbocycles. The zero-order valence-corrected chi connectivity index (χ0v) is 23.3. The standard InChI is InChI=1S/C27H42O7Si/c1-10-12-17-18(13-11-2)23(28)19-14-16(15-34-35(8,9)27(3,4)5)20(25(30)32-6)22(26(31)33-7)21(17)24(19)29/h10-11,16-22H,1-2,12-15H2,3-9H3/t16-,17-,18?,19-,20+,21-,22-/m1/s1. The number of esters is 2. The number of allylic oxidation sites excluding steroid dienone is 2. The van der Waals surface area contributed by atoms with Crippen molar-refractivity contribution in [2.24, 2.45) is 41.4 Å². The fourth-order valence-electron chi connectivity index (χ4n) is 5.53. The van der Waals surface area contributed by atoms with Crippen molar-refractivity contribution in [2.75, 3.05) is 20.8 Å². The summed E-state index contributed by atoms with van der Waals surface area (Å²) in [6, 6.07) is 0. The van der Waals surface area contributed by atoms with Gasteiger partial charge in [0.1, 0.15) is 11.6 Å². The Morgan fingerprint density at radius 2 is 1.51 bits per heavy atom. The van der Waals surface area contributed by atoms with Gasteiger partial charge in [-0.15, -0.1) is 13.2 Å². The van der Waals surface area contributed by atoms with Crippen LogP contribution in [-0.2, 0) is 33.1 Å². The molecule has 0 aromatic heterocycles. The van der Waals surface area contributed by atoms with Gasteiger partial charge in [-0.05, 0) is 49.2 Å². The Morgan fingerprint density at radius 1 is 0.971 bits per heavy atom. The summed E-state index contributed by atoms with van der Waals surface area (Å²) in [5, 5.41) is -0.0775. The lowest BCUT2D eigenvalue weighted by molar-refractivity contribution is -0.166. The third kappa shape index (κ3) is 5.69. The van der Waals surface area contributed by atoms with Crippen molar-refractivity contribution in [1.29, 1.82) is 0 Å². The van der Waals surface area contributed by atoms with Crippen LogP contribution in [0.25, 0.3) is 0 Å². The molecule has 196 valence electrons. The molecule has 2 aliphatic rings. The summed E-state index contributed by atoms with van der Waals surface area (Å²) in [7, 11) is 0.302. The van der Waals surface area contributed by atoms with Gasteiger partial charge < -0.3 is 13.9 Å². The Balaban J connectivity index is 2.68. The zero-order chi connectivity index (χ0) is 26.7. The van der Waals surface area contributed by atoms with E-state index >= 15 is 0 Å². The molecule has 7 atom stereocenters. The Morgan fingerprint density at radius 3 is 2.00 bits per heavy atom. The largest absolute Gasteiger partial charge is 0.469 e. The van der Waals surface area contributed by atoms with E-state index in [1.807, 2.05) is 0 Å². The minimum atomic E-state index is -2.22. The highest BCUT2D eigenvalue weighted by atomic mass is 28.4. The quantitative estimate of drug-likeness (QED) is 0.198. The molecule has 0 amide bonds. The number of ketones is 2. The van der Waals surface area contributed by atoms with Crippen LogP contribution < -0.4 is 0 Å². The molecule has 2 fully saturated rings. The van der Waals surface area contributed by atoms with E-state index in [1.54, 1.807) is 12.2 Å². The van der Waals surface area contributed by atoms with Crippen LogP contribution >= 0.6 is 0 Å². The predicted octanol–water partition coefficient (Wildman–Crippen LogP) is 4.38. The number of carbonyl (C=O) groups excluding carboxylic acids is 4. The number of ether oxygens (including phenoxy) is 2. The summed E-state index contributed by atoms with van der Waals surface area (Å²) >= 11 is 0. The van der Waals surface area contributed by atoms with Crippen molar-refractivity contribution in [1.82, 2.24) is 0 Å². The number of rotatable bonds is 9. The number of carbonyl (C=O) groups is 4. The van der Waals surface area contributed by atoms with E-state index in [-0.39, 0.29) is 29.6 Å². The maximum atomic E-state index is 13.8. The number of methoxy groups -OCH3 is 2. The third-order valence-electron chi connectivity index (χ3n) is 8.45. The molecule has 35 heavy (non-hydrogen) atoms. The van der Waals surface area contributed by atoms with Crippen LogP contribution in [0.5, 0.6) is 0 Å². The molecule has 0 aliphatic heterocycles. The van der Waals surface area contributed by atoms with Gasteiger partial charge in [-0.2, -0.15) is 0 Å². The van der Waals surface area contributed by atoms with Gasteiger partial charge in [-0.25, -0.2) is 0 Å². The first-order valence-electron chi connectivity index (χ1n) is 12.4. The van der Waals surface area contributed by atoms with Crippen molar-refractivity contribution in [3.63, 3.8) is 0 Å². The van der Waals surface area contributed by atoms with Gasteiger partial charge in [0.2, 0.25) is 0 Å². The summed E-state index contributed by atoms with van der Waals surface area (Å²) < 4.78 is 16.8. The van der Waals surface area contributed by atoms with Gasteiger partial charge in [0.25, 0.3) is 0 Å². The monoisotopic (exact) mass is 506 g/mol. The summed E-state index contributed by atoms with van der Waals surface area (Å²) in [5.41, 5.74) is 0. The third-order valence-corrected chi connectivity index (χ3v) is 13.0. The SMILES string of the molecule is C=CCC1C(=O)[C@H]2C[C@H](CO[Si](C)(C)C(C)(C)C)[C@H](C(=O)OC)[C@@H](C(=O)OC)[C@H](C2=O)[C@@H]1CC=C. The Kier molecular flexibility index (Phi) is 9.44. The van der Waals surface area contributed by atoms with Crippen molar-refractivity contribution in [2.45, 2.75) is 58.2 Å². The van der Waals surface area contributed by atoms with E-state index in [9.17, 15) is 19.2 Å². The van der Waals surface area contributed by atoms with Gasteiger partial charge in [-0.3, -0.25) is 19.2 Å². The average molecular weight is 507 g/mol. The molecular formula is C27H42O7Si. The van der Waals surface area contributed by atoms with Crippen LogP contribution in [0.2, 0.25) is 18.1 Å². The Hall–Kier alpha value is -2.06. The van der Waals surface area contributed by atoms with Gasteiger partial charge >= 0.3 is 11.9 Å². The highest BCUT2D eigenvalue weighted by Gasteiger charge is 2.60. The maximum absolute atomic E-state index is 13.8. The van der Waals surface area contributed by atoms with Gasteiger partial charge in [0, 0.05) is 18.4 Å². The number of hydrogen-bond donors (Lipinski definition) is 0. The molecule has 7 nitrogen and oxygen atoms in total. The summed E-state index contributed by atoms with van der Waals surface area (Å²) in [6.45, 7) is 18.3. The predicted molar refractivity (Wildman–Crippen MR) is 136 cm³/mol. The fourth-order valence-corrected chi connectivity index (χ4v) is 6.59. The second kappa shape index (κ2) is 11.3. The maximum Gasteiger partial charge on any atom is 0.310 e. The lowest BCUT2D eigenvalue weighted by Crippen LogP contribution is -2.51. The second-order valence-electron chi connectivity index (χ2n) is 11.4. The lowest BCUT2D eigenvalue weighted by Gasteiger charge is -2.41. The van der Waals surface area contributed by atoms with E-state index in [1.165, 1.54) is 14.2 Å². The summed E-state index contributed by atoms with van der Waals surface area (Å²) in [5.74, 6) is -6.95. The molecule has 1 unspecified atom stereocenters. The lowest BCUT2D eigenvalue weighted by atomic mass is 9.60. The van der Waals surface area contributed by atoms with Crippen molar-refractivity contribution in [3.05, 3.63) is 25.3 Å². The first-order chi connectivity index (χ1) is 16.3. The van der Waals surface area contributed by atoms with Crippen molar-refractivity contribution < 1.29 is 33.1 Å². The number of hydrogen-bond acceptors (Lipinski definition) is 7. The minimum absolute atomic E-state index is 0.0775. The first-order valence-corrected chi connectivity index (χ1v) is 15.3. The first kappa shape index (κ1) is 29.2. The topological polar surface area (TPSA) is 96.0 Å². The van der Waals surface area contributed by atoms with Crippen molar-refractivity contribution in [3.8, 4) is 0 Å². The molecule has 2 saturated carbocycles. The normalized spacial score (nSPS) is 31.3. The van der Waals surface area contributed by atoms with E-state index in [2.05, 4.69) is 47.0 Å². The molecule has 8 heteroatoms. The van der Waals surface area contributed by atoms with Crippen LogP contribution in [-0.4, -0.2) is 52.6 Å². The molecule has 2 bridgehead atoms. The number of fused-ring (bicyclic) bond motifs is 2. The van der Waals surface area contributed by atoms with Crippen LogP contribution in [0.4, 0.5) is 0 Å². The fraction of sp³-hybridized carbons (Fsp3) is 0.704. The van der Waals surface area contributed by atoms with Crippen LogP contribution in [0.3, 0.4) is 0 Å².